The first-order valence-electron chi connectivity index (χ1n) is 10.2. The molecule has 0 spiro atoms. The zero-order chi connectivity index (χ0) is 19.4. The predicted octanol–water partition coefficient (Wildman–Crippen LogP) is 5.17. The van der Waals surface area contributed by atoms with E-state index in [1.165, 1.54) is 22.4 Å². The molecule has 0 saturated heterocycles. The van der Waals surface area contributed by atoms with E-state index in [2.05, 4.69) is 80.1 Å². The minimum Gasteiger partial charge on any atom is -0.300 e. The average Bonchev–Trinajstić information content (AvgIpc) is 2.94. The van der Waals surface area contributed by atoms with E-state index < -0.39 is 0 Å². The Morgan fingerprint density at radius 3 is 2.30 bits per heavy atom. The monoisotopic (exact) mass is 362 g/mol. The number of aryl methyl sites for hydroxylation is 1. The Bertz CT molecular complexity index is 819. The van der Waals surface area contributed by atoms with Crippen LogP contribution < -0.4 is 0 Å². The van der Waals surface area contributed by atoms with Crippen molar-refractivity contribution in [2.45, 2.75) is 64.3 Å². The molecular weight excluding hydrogens is 330 g/mol. The number of Topliss-reactive ketones (excluding diaryl/α,β-unsaturated/α-hetero) is 1. The number of hydrogen-bond acceptors (Lipinski definition) is 1. The van der Waals surface area contributed by atoms with E-state index in [9.17, 15) is 4.79 Å². The van der Waals surface area contributed by atoms with Crippen molar-refractivity contribution in [1.82, 2.24) is 0 Å². The summed E-state index contributed by atoms with van der Waals surface area (Å²) in [6.07, 6.45) is 4.74. The lowest BCUT2D eigenvalue weighted by atomic mass is 9.68. The van der Waals surface area contributed by atoms with Gasteiger partial charge in [0.05, 0.1) is 0 Å². The van der Waals surface area contributed by atoms with Crippen LogP contribution in [0.4, 0.5) is 0 Å². The largest absolute Gasteiger partial charge is 0.300 e. The van der Waals surface area contributed by atoms with Crippen molar-refractivity contribution in [3.8, 4) is 0 Å². The number of rotatable bonds is 7. The molecule has 2 unspecified atom stereocenters. The normalized spacial score (nSPS) is 22.3. The van der Waals surface area contributed by atoms with Gasteiger partial charge in [0.1, 0.15) is 18.2 Å². The lowest BCUT2D eigenvalue weighted by molar-refractivity contribution is -0.526. The molecule has 2 aromatic rings. The van der Waals surface area contributed by atoms with E-state index in [0.29, 0.717) is 12.5 Å². The minimum absolute atomic E-state index is 0.0396. The molecule has 1 aliphatic rings. The van der Waals surface area contributed by atoms with E-state index in [4.69, 9.17) is 0 Å². The first kappa shape index (κ1) is 19.5. The fraction of sp³-hybridized carbons (Fsp3) is 0.440. The van der Waals surface area contributed by atoms with Crippen LogP contribution in [0, 0.1) is 0 Å². The molecule has 27 heavy (non-hydrogen) atoms. The SMILES string of the molecule is CCC1=[N+](C)C(C)CC1(c1ccccc1)c1ccc(CCCC(C)=O)cc1. The Hall–Kier alpha value is -2.22. The fourth-order valence-electron chi connectivity index (χ4n) is 4.77. The van der Waals surface area contributed by atoms with Crippen molar-refractivity contribution in [2.75, 3.05) is 7.05 Å². The van der Waals surface area contributed by atoms with Crippen LogP contribution in [0.25, 0.3) is 0 Å². The molecule has 3 rings (SSSR count). The third-order valence-electron chi connectivity index (χ3n) is 6.22. The lowest BCUT2D eigenvalue weighted by Crippen LogP contribution is -2.35. The molecule has 0 fully saturated rings. The summed E-state index contributed by atoms with van der Waals surface area (Å²) in [7, 11) is 2.24. The standard InChI is InChI=1S/C25H32NO/c1-5-24-25(18-19(2)26(24)4,22-12-7-6-8-13-22)23-16-14-21(15-17-23)11-9-10-20(3)27/h6-8,12-17,19H,5,9-11,18H2,1-4H3/q+1. The number of nitrogens with zero attached hydrogens (tertiary/aromatic N) is 1. The smallest absolute Gasteiger partial charge is 0.167 e. The van der Waals surface area contributed by atoms with Crippen LogP contribution in [-0.2, 0) is 16.6 Å². The van der Waals surface area contributed by atoms with Gasteiger partial charge in [0.25, 0.3) is 0 Å². The number of benzene rings is 2. The quantitative estimate of drug-likeness (QED) is 0.622. The van der Waals surface area contributed by atoms with Crippen LogP contribution in [0.2, 0.25) is 0 Å². The highest BCUT2D eigenvalue weighted by atomic mass is 16.1. The van der Waals surface area contributed by atoms with Crippen LogP contribution in [0.1, 0.15) is 63.1 Å². The first-order valence-corrected chi connectivity index (χ1v) is 10.2. The van der Waals surface area contributed by atoms with Crippen molar-refractivity contribution in [3.05, 3.63) is 71.3 Å². The van der Waals surface area contributed by atoms with Crippen LogP contribution in [0.3, 0.4) is 0 Å². The number of carbonyl (C=O) groups is 1. The molecule has 0 aliphatic carbocycles. The molecule has 1 heterocycles. The van der Waals surface area contributed by atoms with E-state index in [1.807, 2.05) is 0 Å². The zero-order valence-corrected chi connectivity index (χ0v) is 17.2. The van der Waals surface area contributed by atoms with Gasteiger partial charge in [-0.15, -0.1) is 0 Å². The lowest BCUT2D eigenvalue weighted by Gasteiger charge is -2.29. The molecule has 2 heteroatoms. The van der Waals surface area contributed by atoms with Crippen LogP contribution in [-0.4, -0.2) is 29.2 Å². The third-order valence-corrected chi connectivity index (χ3v) is 6.22. The highest BCUT2D eigenvalue weighted by Gasteiger charge is 2.51. The second-order valence-corrected chi connectivity index (χ2v) is 7.99. The number of ketones is 1. The molecule has 2 nitrogen and oxygen atoms in total. The number of carbonyl (C=O) groups excluding carboxylic acids is 1. The Morgan fingerprint density at radius 1 is 1.07 bits per heavy atom. The van der Waals surface area contributed by atoms with Crippen LogP contribution in [0.5, 0.6) is 0 Å². The zero-order valence-electron chi connectivity index (χ0n) is 17.2. The molecule has 0 bridgehead atoms. The second-order valence-electron chi connectivity index (χ2n) is 7.99. The van der Waals surface area contributed by atoms with E-state index >= 15 is 0 Å². The summed E-state index contributed by atoms with van der Waals surface area (Å²) < 4.78 is 2.48. The van der Waals surface area contributed by atoms with Gasteiger partial charge in [-0.1, -0.05) is 61.5 Å². The van der Waals surface area contributed by atoms with Gasteiger partial charge in [-0.3, -0.25) is 0 Å². The molecule has 0 amide bonds. The Kier molecular flexibility index (Phi) is 5.94. The summed E-state index contributed by atoms with van der Waals surface area (Å²) >= 11 is 0. The van der Waals surface area contributed by atoms with Gasteiger partial charge in [-0.05, 0) is 43.4 Å². The van der Waals surface area contributed by atoms with Gasteiger partial charge in [0.2, 0.25) is 0 Å². The highest BCUT2D eigenvalue weighted by molar-refractivity contribution is 5.95. The minimum atomic E-state index is -0.0396. The van der Waals surface area contributed by atoms with Gasteiger partial charge in [-0.25, -0.2) is 4.58 Å². The Balaban J connectivity index is 1.99. The van der Waals surface area contributed by atoms with Gasteiger partial charge in [0, 0.05) is 19.3 Å². The maximum atomic E-state index is 11.2. The molecule has 0 radical (unpaired) electrons. The number of hydrogen-bond donors (Lipinski definition) is 0. The fourth-order valence-corrected chi connectivity index (χ4v) is 4.77. The maximum absolute atomic E-state index is 11.2. The predicted molar refractivity (Wildman–Crippen MR) is 113 cm³/mol. The Morgan fingerprint density at radius 2 is 1.70 bits per heavy atom. The third kappa shape index (κ3) is 3.76. The van der Waals surface area contributed by atoms with Crippen molar-refractivity contribution < 1.29 is 9.37 Å². The molecule has 1 aliphatic heterocycles. The summed E-state index contributed by atoms with van der Waals surface area (Å²) in [4.78, 5) is 11.2. The Labute approximate surface area is 163 Å². The summed E-state index contributed by atoms with van der Waals surface area (Å²) in [5, 5.41) is 0. The van der Waals surface area contributed by atoms with E-state index in [-0.39, 0.29) is 11.2 Å². The maximum Gasteiger partial charge on any atom is 0.167 e. The molecule has 0 aromatic heterocycles. The van der Waals surface area contributed by atoms with Crippen molar-refractivity contribution >= 4 is 11.5 Å². The van der Waals surface area contributed by atoms with Crippen LogP contribution >= 0.6 is 0 Å². The topological polar surface area (TPSA) is 20.1 Å². The summed E-state index contributed by atoms with van der Waals surface area (Å²) in [6, 6.07) is 20.7. The summed E-state index contributed by atoms with van der Waals surface area (Å²) in [6.45, 7) is 6.28. The molecular formula is C25H32NO+. The molecule has 2 atom stereocenters. The van der Waals surface area contributed by atoms with Gasteiger partial charge >= 0.3 is 0 Å². The molecule has 0 N–H and O–H groups in total. The van der Waals surface area contributed by atoms with Gasteiger partial charge in [-0.2, -0.15) is 0 Å². The van der Waals surface area contributed by atoms with Gasteiger partial charge < -0.3 is 4.79 Å². The van der Waals surface area contributed by atoms with E-state index in [1.54, 1.807) is 6.92 Å². The van der Waals surface area contributed by atoms with Crippen molar-refractivity contribution in [2.24, 2.45) is 0 Å². The van der Waals surface area contributed by atoms with E-state index in [0.717, 1.165) is 25.7 Å². The first-order chi connectivity index (χ1) is 13.0. The van der Waals surface area contributed by atoms with Gasteiger partial charge in [0.15, 0.2) is 11.8 Å². The van der Waals surface area contributed by atoms with Crippen molar-refractivity contribution in [1.29, 1.82) is 0 Å². The highest BCUT2D eigenvalue weighted by Crippen LogP contribution is 2.43. The average molecular weight is 363 g/mol. The molecule has 2 aromatic carbocycles. The second kappa shape index (κ2) is 8.21. The summed E-state index contributed by atoms with van der Waals surface area (Å²) in [5.41, 5.74) is 5.56. The molecule has 0 saturated carbocycles. The summed E-state index contributed by atoms with van der Waals surface area (Å²) in [5.74, 6) is 0.278. The van der Waals surface area contributed by atoms with Crippen LogP contribution in [0.15, 0.2) is 54.6 Å². The van der Waals surface area contributed by atoms with Crippen molar-refractivity contribution in [3.63, 3.8) is 0 Å². The molecule has 142 valence electrons.